The van der Waals surface area contributed by atoms with Gasteiger partial charge in [0.1, 0.15) is 0 Å². The van der Waals surface area contributed by atoms with Crippen molar-refractivity contribution in [2.24, 2.45) is 0 Å². The first-order valence-electron chi connectivity index (χ1n) is 16.3. The molecule has 3 heterocycles. The van der Waals surface area contributed by atoms with E-state index in [1.807, 2.05) is 24.8 Å². The van der Waals surface area contributed by atoms with Gasteiger partial charge in [0.25, 0.3) is 0 Å². The van der Waals surface area contributed by atoms with E-state index in [4.69, 9.17) is 4.98 Å². The average molecular weight is 595 g/mol. The van der Waals surface area contributed by atoms with Crippen LogP contribution >= 0.6 is 0 Å². The highest BCUT2D eigenvalue weighted by Crippen LogP contribution is 2.30. The summed E-state index contributed by atoms with van der Waals surface area (Å²) in [5.74, 6) is 0. The minimum absolute atomic E-state index is 0.471. The number of benzene rings is 3. The quantitative estimate of drug-likeness (QED) is 0.179. The van der Waals surface area contributed by atoms with E-state index in [1.54, 1.807) is 0 Å². The second-order valence-corrected chi connectivity index (χ2v) is 13.1. The standard InChI is InChI=1S/C41H46N4/c1-28-16-36(17-29(2)32(28)5)38-20-34(22-42-24-38)26-44-14-12-41(13-15-44)45(40-10-8-7-9-11-40)27-35-21-39(25-43-23-35)37-18-30(3)33(6)31(4)19-37/h7-11,16-25,41H,12-15,26-27H2,1-6H3. The third-order valence-electron chi connectivity index (χ3n) is 9.96. The van der Waals surface area contributed by atoms with Crippen molar-refractivity contribution >= 4 is 5.69 Å². The number of pyridine rings is 2. The maximum absolute atomic E-state index is 4.70. The zero-order chi connectivity index (χ0) is 31.5. The number of para-hydroxylation sites is 1. The molecule has 2 aromatic heterocycles. The Morgan fingerprint density at radius 1 is 0.600 bits per heavy atom. The number of nitrogens with zero attached hydrogens (tertiary/aromatic N) is 4. The highest BCUT2D eigenvalue weighted by molar-refractivity contribution is 5.67. The smallest absolute Gasteiger partial charge is 0.0448 e. The molecule has 0 unspecified atom stereocenters. The predicted octanol–water partition coefficient (Wildman–Crippen LogP) is 9.33. The molecular weight excluding hydrogens is 548 g/mol. The van der Waals surface area contributed by atoms with E-state index in [-0.39, 0.29) is 0 Å². The van der Waals surface area contributed by atoms with Gasteiger partial charge in [-0.05, 0) is 134 Å². The Morgan fingerprint density at radius 3 is 1.62 bits per heavy atom. The van der Waals surface area contributed by atoms with E-state index >= 15 is 0 Å². The average Bonchev–Trinajstić information content (AvgIpc) is 3.05. The number of rotatable bonds is 8. The van der Waals surface area contributed by atoms with Crippen LogP contribution in [0, 0.1) is 41.5 Å². The van der Waals surface area contributed by atoms with Crippen LogP contribution in [0.4, 0.5) is 5.69 Å². The molecule has 0 atom stereocenters. The molecule has 4 heteroatoms. The lowest BCUT2D eigenvalue weighted by Crippen LogP contribution is -2.44. The summed E-state index contributed by atoms with van der Waals surface area (Å²) >= 11 is 0. The summed E-state index contributed by atoms with van der Waals surface area (Å²) in [4.78, 5) is 14.5. The first-order chi connectivity index (χ1) is 21.7. The number of aryl methyl sites for hydroxylation is 4. The Balaban J connectivity index is 1.16. The van der Waals surface area contributed by atoms with Gasteiger partial charge in [0.15, 0.2) is 0 Å². The zero-order valence-corrected chi connectivity index (χ0v) is 27.8. The summed E-state index contributed by atoms with van der Waals surface area (Å²) in [5.41, 5.74) is 16.8. The largest absolute Gasteiger partial charge is 0.364 e. The van der Waals surface area contributed by atoms with Crippen molar-refractivity contribution in [2.75, 3.05) is 18.0 Å². The van der Waals surface area contributed by atoms with Crippen molar-refractivity contribution < 1.29 is 0 Å². The minimum Gasteiger partial charge on any atom is -0.364 e. The normalized spacial score (nSPS) is 14.1. The third kappa shape index (κ3) is 7.02. The monoisotopic (exact) mass is 594 g/mol. The molecule has 5 aromatic rings. The number of likely N-dealkylation sites (tertiary alicyclic amines) is 1. The van der Waals surface area contributed by atoms with Crippen molar-refractivity contribution in [3.05, 3.63) is 136 Å². The first-order valence-corrected chi connectivity index (χ1v) is 16.3. The van der Waals surface area contributed by atoms with Crippen molar-refractivity contribution in [3.63, 3.8) is 0 Å². The summed E-state index contributed by atoms with van der Waals surface area (Å²) in [6, 6.07) is 25.2. The van der Waals surface area contributed by atoms with Gasteiger partial charge in [-0.25, -0.2) is 0 Å². The van der Waals surface area contributed by atoms with Crippen LogP contribution < -0.4 is 4.90 Å². The fourth-order valence-electron chi connectivity index (χ4n) is 6.76. The summed E-state index contributed by atoms with van der Waals surface area (Å²) in [5, 5.41) is 0. The Kier molecular flexibility index (Phi) is 9.14. The maximum atomic E-state index is 4.70. The molecule has 230 valence electrons. The Morgan fingerprint density at radius 2 is 1.09 bits per heavy atom. The predicted molar refractivity (Wildman–Crippen MR) is 189 cm³/mol. The summed E-state index contributed by atoms with van der Waals surface area (Å²) in [7, 11) is 0. The molecule has 0 amide bonds. The van der Waals surface area contributed by atoms with Crippen LogP contribution in [0.1, 0.15) is 57.3 Å². The van der Waals surface area contributed by atoms with Crippen molar-refractivity contribution in [2.45, 2.75) is 73.5 Å². The van der Waals surface area contributed by atoms with Crippen LogP contribution in [0.15, 0.2) is 91.5 Å². The van der Waals surface area contributed by atoms with Crippen LogP contribution in [0.2, 0.25) is 0 Å². The highest BCUT2D eigenvalue weighted by atomic mass is 15.2. The molecule has 0 N–H and O–H groups in total. The molecule has 0 aliphatic carbocycles. The van der Waals surface area contributed by atoms with Gasteiger partial charge in [0, 0.05) is 73.8 Å². The number of hydrogen-bond acceptors (Lipinski definition) is 4. The lowest BCUT2D eigenvalue weighted by molar-refractivity contribution is 0.200. The SMILES string of the molecule is Cc1cc(-c2cncc(CN3CCC(N(Cc4cncc(-c5cc(C)c(C)c(C)c5)c4)c4ccccc4)CC3)c2)cc(C)c1C. The number of hydrogen-bond donors (Lipinski definition) is 0. The fraction of sp³-hybridized carbons (Fsp3) is 0.317. The molecule has 45 heavy (non-hydrogen) atoms. The van der Waals surface area contributed by atoms with E-state index < -0.39 is 0 Å². The van der Waals surface area contributed by atoms with E-state index in [2.05, 4.69) is 123 Å². The molecular formula is C41H46N4. The number of aromatic nitrogens is 2. The lowest BCUT2D eigenvalue weighted by atomic mass is 9.96. The Hall–Kier alpha value is -4.28. The summed E-state index contributed by atoms with van der Waals surface area (Å²) in [6.07, 6.45) is 10.3. The number of anilines is 1. The molecule has 1 aliphatic heterocycles. The van der Waals surface area contributed by atoms with Crippen molar-refractivity contribution in [1.82, 2.24) is 14.9 Å². The van der Waals surface area contributed by atoms with Gasteiger partial charge in [-0.3, -0.25) is 14.9 Å². The van der Waals surface area contributed by atoms with E-state index in [9.17, 15) is 0 Å². The Labute approximate surface area is 269 Å². The fourth-order valence-corrected chi connectivity index (χ4v) is 6.76. The second kappa shape index (κ2) is 13.4. The Bertz CT molecular complexity index is 1740. The molecule has 0 bridgehead atoms. The van der Waals surface area contributed by atoms with E-state index in [0.717, 1.165) is 39.0 Å². The van der Waals surface area contributed by atoms with Gasteiger partial charge in [-0.2, -0.15) is 0 Å². The first kappa shape index (κ1) is 30.7. The van der Waals surface area contributed by atoms with Crippen molar-refractivity contribution in [3.8, 4) is 22.3 Å². The van der Waals surface area contributed by atoms with E-state index in [1.165, 1.54) is 72.4 Å². The van der Waals surface area contributed by atoms with Gasteiger partial charge >= 0.3 is 0 Å². The molecule has 1 fully saturated rings. The van der Waals surface area contributed by atoms with Gasteiger partial charge < -0.3 is 4.90 Å². The van der Waals surface area contributed by atoms with Crippen LogP contribution in [-0.2, 0) is 13.1 Å². The molecule has 6 rings (SSSR count). The maximum Gasteiger partial charge on any atom is 0.0448 e. The van der Waals surface area contributed by atoms with Crippen LogP contribution in [-0.4, -0.2) is 34.0 Å². The van der Waals surface area contributed by atoms with Crippen LogP contribution in [0.3, 0.4) is 0 Å². The second-order valence-electron chi connectivity index (χ2n) is 13.1. The number of piperidine rings is 1. The van der Waals surface area contributed by atoms with Gasteiger partial charge in [-0.1, -0.05) is 42.5 Å². The van der Waals surface area contributed by atoms with E-state index in [0.29, 0.717) is 6.04 Å². The van der Waals surface area contributed by atoms with Crippen molar-refractivity contribution in [1.29, 1.82) is 0 Å². The molecule has 3 aromatic carbocycles. The lowest BCUT2D eigenvalue weighted by Gasteiger charge is -2.40. The van der Waals surface area contributed by atoms with Crippen LogP contribution in [0.25, 0.3) is 22.3 Å². The molecule has 1 saturated heterocycles. The third-order valence-corrected chi connectivity index (χ3v) is 9.96. The summed E-state index contributed by atoms with van der Waals surface area (Å²) < 4.78 is 0. The molecule has 0 saturated carbocycles. The topological polar surface area (TPSA) is 32.3 Å². The highest BCUT2D eigenvalue weighted by Gasteiger charge is 2.25. The van der Waals surface area contributed by atoms with Gasteiger partial charge in [-0.15, -0.1) is 0 Å². The van der Waals surface area contributed by atoms with Gasteiger partial charge in [0.05, 0.1) is 0 Å². The summed E-state index contributed by atoms with van der Waals surface area (Å²) in [6.45, 7) is 17.1. The minimum atomic E-state index is 0.471. The molecule has 4 nitrogen and oxygen atoms in total. The molecule has 0 radical (unpaired) electrons. The van der Waals surface area contributed by atoms with Crippen LogP contribution in [0.5, 0.6) is 0 Å². The molecule has 0 spiro atoms. The zero-order valence-electron chi connectivity index (χ0n) is 27.8. The van der Waals surface area contributed by atoms with Gasteiger partial charge in [0.2, 0.25) is 0 Å². The molecule has 1 aliphatic rings.